The zero-order valence-electron chi connectivity index (χ0n) is 8.07. The maximum atomic E-state index is 11.1. The Balaban J connectivity index is 2.04. The summed E-state index contributed by atoms with van der Waals surface area (Å²) in [5.74, 6) is 0.923. The standard InChI is InChI=1S/C8H11ClN4O2/c9-2-1-7-11-12-8(15-7)13-4-3-10-6(14)5-13/h1-5H2,(H,10,14). The minimum Gasteiger partial charge on any atom is -0.408 e. The summed E-state index contributed by atoms with van der Waals surface area (Å²) in [7, 11) is 0. The summed E-state index contributed by atoms with van der Waals surface area (Å²) in [6.07, 6.45) is 0.550. The van der Waals surface area contributed by atoms with Crippen LogP contribution in [0.2, 0.25) is 0 Å². The molecule has 0 bridgehead atoms. The van der Waals surface area contributed by atoms with Crippen molar-refractivity contribution in [2.75, 3.05) is 30.4 Å². The quantitative estimate of drug-likeness (QED) is 0.728. The van der Waals surface area contributed by atoms with Gasteiger partial charge in [0.25, 0.3) is 0 Å². The number of rotatable bonds is 3. The van der Waals surface area contributed by atoms with Gasteiger partial charge in [0, 0.05) is 25.4 Å². The van der Waals surface area contributed by atoms with Crippen LogP contribution in [0.5, 0.6) is 0 Å². The molecular weight excluding hydrogens is 220 g/mol. The molecule has 6 nitrogen and oxygen atoms in total. The number of carbonyl (C=O) groups excluding carboxylic acids is 1. The number of aromatic nitrogens is 2. The van der Waals surface area contributed by atoms with E-state index in [1.807, 2.05) is 0 Å². The van der Waals surface area contributed by atoms with Crippen LogP contribution in [0.15, 0.2) is 4.42 Å². The molecule has 1 saturated heterocycles. The molecule has 1 fully saturated rings. The highest BCUT2D eigenvalue weighted by Crippen LogP contribution is 2.13. The summed E-state index contributed by atoms with van der Waals surface area (Å²) >= 11 is 5.55. The van der Waals surface area contributed by atoms with Gasteiger partial charge in [0.05, 0.1) is 0 Å². The van der Waals surface area contributed by atoms with E-state index < -0.39 is 0 Å². The van der Waals surface area contributed by atoms with E-state index >= 15 is 0 Å². The highest BCUT2D eigenvalue weighted by molar-refractivity contribution is 6.17. The minimum absolute atomic E-state index is 0.0293. The number of nitrogens with one attached hydrogen (secondary N) is 1. The maximum absolute atomic E-state index is 11.1. The maximum Gasteiger partial charge on any atom is 0.318 e. The molecule has 0 radical (unpaired) electrons. The molecule has 0 aliphatic carbocycles. The SMILES string of the molecule is O=C1CN(c2nnc(CCCl)o2)CCN1. The highest BCUT2D eigenvalue weighted by Gasteiger charge is 2.20. The highest BCUT2D eigenvalue weighted by atomic mass is 35.5. The molecule has 82 valence electrons. The van der Waals surface area contributed by atoms with Crippen molar-refractivity contribution in [2.45, 2.75) is 6.42 Å². The van der Waals surface area contributed by atoms with Gasteiger partial charge in [-0.05, 0) is 0 Å². The van der Waals surface area contributed by atoms with Crippen LogP contribution in [0.25, 0.3) is 0 Å². The number of hydrogen-bond acceptors (Lipinski definition) is 5. The van der Waals surface area contributed by atoms with Crippen molar-refractivity contribution in [3.8, 4) is 0 Å². The number of aryl methyl sites for hydroxylation is 1. The fraction of sp³-hybridized carbons (Fsp3) is 0.625. The Morgan fingerprint density at radius 3 is 3.13 bits per heavy atom. The van der Waals surface area contributed by atoms with Crippen LogP contribution in [0, 0.1) is 0 Å². The summed E-state index contributed by atoms with van der Waals surface area (Å²) in [4.78, 5) is 12.9. The molecule has 1 aromatic rings. The third-order valence-electron chi connectivity index (χ3n) is 2.07. The third-order valence-corrected chi connectivity index (χ3v) is 2.26. The first kappa shape index (κ1) is 10.2. The van der Waals surface area contributed by atoms with Crippen molar-refractivity contribution < 1.29 is 9.21 Å². The van der Waals surface area contributed by atoms with Crippen molar-refractivity contribution in [1.82, 2.24) is 15.5 Å². The van der Waals surface area contributed by atoms with E-state index in [-0.39, 0.29) is 12.5 Å². The molecule has 2 rings (SSSR count). The Labute approximate surface area is 91.6 Å². The number of carbonyl (C=O) groups is 1. The largest absolute Gasteiger partial charge is 0.408 e. The lowest BCUT2D eigenvalue weighted by Gasteiger charge is -2.24. The van der Waals surface area contributed by atoms with E-state index in [0.29, 0.717) is 37.3 Å². The Morgan fingerprint density at radius 2 is 2.40 bits per heavy atom. The van der Waals surface area contributed by atoms with Crippen LogP contribution >= 0.6 is 11.6 Å². The monoisotopic (exact) mass is 230 g/mol. The van der Waals surface area contributed by atoms with Gasteiger partial charge in [0.1, 0.15) is 6.54 Å². The molecule has 1 aliphatic heterocycles. The van der Waals surface area contributed by atoms with Crippen LogP contribution < -0.4 is 10.2 Å². The minimum atomic E-state index is -0.0293. The Bertz CT molecular complexity index is 354. The molecule has 2 heterocycles. The molecule has 0 atom stereocenters. The molecule has 7 heteroatoms. The first-order valence-corrected chi connectivity index (χ1v) is 5.23. The summed E-state index contributed by atoms with van der Waals surface area (Å²) in [5, 5.41) is 10.4. The van der Waals surface area contributed by atoms with Crippen molar-refractivity contribution in [2.24, 2.45) is 0 Å². The van der Waals surface area contributed by atoms with Gasteiger partial charge in [-0.3, -0.25) is 4.79 Å². The third kappa shape index (κ3) is 2.38. The number of halogens is 1. The second-order valence-electron chi connectivity index (χ2n) is 3.19. The molecule has 0 saturated carbocycles. The topological polar surface area (TPSA) is 71.3 Å². The Kier molecular flexibility index (Phi) is 3.05. The van der Waals surface area contributed by atoms with Crippen LogP contribution in [0.3, 0.4) is 0 Å². The molecule has 15 heavy (non-hydrogen) atoms. The molecule has 0 unspecified atom stereocenters. The number of anilines is 1. The fourth-order valence-electron chi connectivity index (χ4n) is 1.36. The van der Waals surface area contributed by atoms with E-state index in [9.17, 15) is 4.79 Å². The van der Waals surface area contributed by atoms with Crippen LogP contribution in [-0.4, -0.2) is 41.6 Å². The average molecular weight is 231 g/mol. The Morgan fingerprint density at radius 1 is 1.53 bits per heavy atom. The molecule has 1 amide bonds. The van der Waals surface area contributed by atoms with E-state index in [0.717, 1.165) is 0 Å². The zero-order chi connectivity index (χ0) is 10.7. The number of alkyl halides is 1. The van der Waals surface area contributed by atoms with Gasteiger partial charge >= 0.3 is 6.01 Å². The van der Waals surface area contributed by atoms with Gasteiger partial charge in [-0.25, -0.2) is 0 Å². The summed E-state index contributed by atoms with van der Waals surface area (Å²) < 4.78 is 5.35. The number of amides is 1. The lowest BCUT2D eigenvalue weighted by Crippen LogP contribution is -2.47. The molecule has 0 spiro atoms. The first-order chi connectivity index (χ1) is 7.29. The Hall–Kier alpha value is -1.30. The summed E-state index contributed by atoms with van der Waals surface area (Å²) in [6, 6.07) is 0.393. The molecule has 1 aliphatic rings. The smallest absolute Gasteiger partial charge is 0.318 e. The zero-order valence-corrected chi connectivity index (χ0v) is 8.83. The van der Waals surface area contributed by atoms with E-state index in [1.54, 1.807) is 4.90 Å². The predicted molar refractivity (Wildman–Crippen MR) is 53.9 cm³/mol. The second kappa shape index (κ2) is 4.48. The van der Waals surface area contributed by atoms with Crippen molar-refractivity contribution >= 4 is 23.5 Å². The molecule has 0 aromatic carbocycles. The van der Waals surface area contributed by atoms with Gasteiger partial charge in [-0.15, -0.1) is 16.7 Å². The predicted octanol–water partition coefficient (Wildman–Crippen LogP) is -0.213. The second-order valence-corrected chi connectivity index (χ2v) is 3.57. The molecular formula is C8H11ClN4O2. The average Bonchev–Trinajstić information content (AvgIpc) is 2.67. The van der Waals surface area contributed by atoms with E-state index in [4.69, 9.17) is 16.0 Å². The molecule has 1 N–H and O–H groups in total. The lowest BCUT2D eigenvalue weighted by atomic mass is 10.4. The normalized spacial score (nSPS) is 16.6. The van der Waals surface area contributed by atoms with Crippen LogP contribution in [-0.2, 0) is 11.2 Å². The van der Waals surface area contributed by atoms with Gasteiger partial charge in [-0.2, -0.15) is 0 Å². The van der Waals surface area contributed by atoms with Crippen molar-refractivity contribution in [1.29, 1.82) is 0 Å². The van der Waals surface area contributed by atoms with Crippen molar-refractivity contribution in [3.63, 3.8) is 0 Å². The number of piperazine rings is 1. The first-order valence-electron chi connectivity index (χ1n) is 4.69. The van der Waals surface area contributed by atoms with Crippen LogP contribution in [0.4, 0.5) is 6.01 Å². The van der Waals surface area contributed by atoms with Gasteiger partial charge in [0.15, 0.2) is 0 Å². The van der Waals surface area contributed by atoms with Gasteiger partial charge in [0.2, 0.25) is 11.8 Å². The van der Waals surface area contributed by atoms with Gasteiger partial charge in [-0.1, -0.05) is 5.10 Å². The fourth-order valence-corrected chi connectivity index (χ4v) is 1.52. The summed E-state index contributed by atoms with van der Waals surface area (Å²) in [6.45, 7) is 1.56. The summed E-state index contributed by atoms with van der Waals surface area (Å²) in [5.41, 5.74) is 0. The van der Waals surface area contributed by atoms with Crippen LogP contribution in [0.1, 0.15) is 5.89 Å². The lowest BCUT2D eigenvalue weighted by molar-refractivity contribution is -0.120. The van der Waals surface area contributed by atoms with Crippen molar-refractivity contribution in [3.05, 3.63) is 5.89 Å². The van der Waals surface area contributed by atoms with E-state index in [1.165, 1.54) is 0 Å². The van der Waals surface area contributed by atoms with Gasteiger partial charge < -0.3 is 14.6 Å². The molecule has 1 aromatic heterocycles. The van der Waals surface area contributed by atoms with E-state index in [2.05, 4.69) is 15.5 Å². The number of nitrogens with zero attached hydrogens (tertiary/aromatic N) is 3. The number of hydrogen-bond donors (Lipinski definition) is 1.